The maximum absolute atomic E-state index is 12.0. The minimum Gasteiger partial charge on any atom is -0.358 e. The van der Waals surface area contributed by atoms with Crippen molar-refractivity contribution in [3.63, 3.8) is 0 Å². The summed E-state index contributed by atoms with van der Waals surface area (Å²) in [6.45, 7) is 2.47. The van der Waals surface area contributed by atoms with Crippen LogP contribution in [0.15, 0.2) is 0 Å². The van der Waals surface area contributed by atoms with Crippen LogP contribution in [0, 0.1) is 5.92 Å². The Morgan fingerprint density at radius 3 is 2.60 bits per heavy atom. The summed E-state index contributed by atoms with van der Waals surface area (Å²) in [4.78, 5) is 36.4. The average molecular weight is 282 g/mol. The topological polar surface area (TPSA) is 90.5 Å². The lowest BCUT2D eigenvalue weighted by molar-refractivity contribution is -0.127. The molecule has 0 aromatic rings. The predicted molar refractivity (Wildman–Crippen MR) is 72.8 cm³/mol. The van der Waals surface area contributed by atoms with E-state index in [0.29, 0.717) is 19.5 Å². The zero-order valence-electron chi connectivity index (χ0n) is 11.8. The molecule has 0 aromatic heterocycles. The van der Waals surface area contributed by atoms with E-state index in [4.69, 9.17) is 0 Å². The Morgan fingerprint density at radius 1 is 1.35 bits per heavy atom. The molecule has 0 aliphatic carbocycles. The highest BCUT2D eigenvalue weighted by Crippen LogP contribution is 2.13. The number of amides is 3. The molecule has 112 valence electrons. The fraction of sp³-hybridized carbons (Fsp3) is 0.769. The molecular weight excluding hydrogens is 260 g/mol. The Morgan fingerprint density at radius 2 is 2.05 bits per heavy atom. The second kappa shape index (κ2) is 6.69. The van der Waals surface area contributed by atoms with Crippen LogP contribution in [0.2, 0.25) is 0 Å². The number of nitrogens with zero attached hydrogens (tertiary/aromatic N) is 1. The van der Waals surface area contributed by atoms with Crippen LogP contribution >= 0.6 is 0 Å². The lowest BCUT2D eigenvalue weighted by Gasteiger charge is -2.32. The molecule has 3 amide bonds. The summed E-state index contributed by atoms with van der Waals surface area (Å²) in [6.07, 6.45) is 1.98. The molecule has 2 aliphatic heterocycles. The largest absolute Gasteiger partial charge is 0.358 e. The molecule has 1 atom stereocenters. The number of hydrogen-bond acceptors (Lipinski definition) is 4. The first kappa shape index (κ1) is 14.8. The lowest BCUT2D eigenvalue weighted by atomic mass is 10.0. The van der Waals surface area contributed by atoms with Crippen molar-refractivity contribution < 1.29 is 14.4 Å². The minimum atomic E-state index is -0.230. The van der Waals surface area contributed by atoms with Crippen molar-refractivity contribution in [3.8, 4) is 0 Å². The molecule has 0 saturated carbocycles. The van der Waals surface area contributed by atoms with Gasteiger partial charge in [0.25, 0.3) is 0 Å². The van der Waals surface area contributed by atoms with Crippen molar-refractivity contribution in [1.29, 1.82) is 0 Å². The Balaban J connectivity index is 1.70. The molecule has 20 heavy (non-hydrogen) atoms. The number of hydrogen-bond donors (Lipinski definition) is 3. The van der Waals surface area contributed by atoms with E-state index in [9.17, 15) is 14.4 Å². The lowest BCUT2D eigenvalue weighted by Crippen LogP contribution is -2.48. The molecule has 2 saturated heterocycles. The number of piperidine rings is 1. The number of likely N-dealkylation sites (tertiary alicyclic amines) is 1. The summed E-state index contributed by atoms with van der Waals surface area (Å²) < 4.78 is 0. The molecule has 2 aliphatic rings. The maximum atomic E-state index is 12.0. The Labute approximate surface area is 118 Å². The zero-order valence-corrected chi connectivity index (χ0v) is 11.8. The van der Waals surface area contributed by atoms with Crippen LogP contribution in [0.5, 0.6) is 0 Å². The quantitative estimate of drug-likeness (QED) is 0.582. The highest BCUT2D eigenvalue weighted by molar-refractivity contribution is 5.89. The van der Waals surface area contributed by atoms with Crippen molar-refractivity contribution >= 4 is 17.7 Å². The third-order valence-electron chi connectivity index (χ3n) is 3.93. The van der Waals surface area contributed by atoms with Crippen molar-refractivity contribution in [2.45, 2.75) is 25.3 Å². The molecule has 0 aromatic carbocycles. The van der Waals surface area contributed by atoms with E-state index in [0.717, 1.165) is 25.9 Å². The first-order valence-corrected chi connectivity index (χ1v) is 7.08. The van der Waals surface area contributed by atoms with E-state index in [1.54, 1.807) is 7.05 Å². The number of carbonyl (C=O) groups excluding carboxylic acids is 3. The molecule has 2 heterocycles. The zero-order chi connectivity index (χ0) is 14.5. The van der Waals surface area contributed by atoms with E-state index in [1.807, 2.05) is 0 Å². The fourth-order valence-electron chi connectivity index (χ4n) is 2.63. The Bertz CT molecular complexity index is 391. The third-order valence-corrected chi connectivity index (χ3v) is 3.93. The fourth-order valence-corrected chi connectivity index (χ4v) is 2.63. The van der Waals surface area contributed by atoms with Crippen molar-refractivity contribution in [2.24, 2.45) is 5.92 Å². The second-order valence-corrected chi connectivity index (χ2v) is 5.44. The molecule has 7 heteroatoms. The van der Waals surface area contributed by atoms with Gasteiger partial charge in [0.15, 0.2) is 0 Å². The number of rotatable bonds is 4. The van der Waals surface area contributed by atoms with Gasteiger partial charge in [-0.2, -0.15) is 0 Å². The smallest absolute Gasteiger partial charge is 0.233 e. The molecule has 2 rings (SSSR count). The van der Waals surface area contributed by atoms with Crippen LogP contribution in [0.25, 0.3) is 0 Å². The summed E-state index contributed by atoms with van der Waals surface area (Å²) >= 11 is 0. The standard InChI is InChI=1S/C13H22N4O3/c1-14-12(19)8-17-4-2-10(3-5-17)16-13(20)9-6-11(18)15-7-9/h9-10H,2-8H2,1H3,(H,14,19)(H,15,18)(H,16,20). The SMILES string of the molecule is CNC(=O)CN1CCC(NC(=O)C2CNC(=O)C2)CC1. The van der Waals surface area contributed by atoms with Gasteiger partial charge in [0.05, 0.1) is 12.5 Å². The number of carbonyl (C=O) groups is 3. The monoisotopic (exact) mass is 282 g/mol. The molecule has 0 bridgehead atoms. The van der Waals surface area contributed by atoms with Crippen LogP contribution in [-0.4, -0.2) is 61.9 Å². The van der Waals surface area contributed by atoms with Crippen molar-refractivity contribution in [1.82, 2.24) is 20.9 Å². The predicted octanol–water partition coefficient (Wildman–Crippen LogP) is -1.55. The van der Waals surface area contributed by atoms with Crippen molar-refractivity contribution in [3.05, 3.63) is 0 Å². The number of nitrogens with one attached hydrogen (secondary N) is 3. The normalized spacial score (nSPS) is 24.2. The van der Waals surface area contributed by atoms with E-state index in [-0.39, 0.29) is 29.7 Å². The van der Waals surface area contributed by atoms with Gasteiger partial charge in [-0.15, -0.1) is 0 Å². The van der Waals surface area contributed by atoms with Crippen LogP contribution in [-0.2, 0) is 14.4 Å². The summed E-state index contributed by atoms with van der Waals surface area (Å²) in [5.74, 6) is -0.298. The molecule has 1 unspecified atom stereocenters. The first-order valence-electron chi connectivity index (χ1n) is 7.08. The van der Waals surface area contributed by atoms with Crippen LogP contribution in [0.3, 0.4) is 0 Å². The minimum absolute atomic E-state index is 0.0167. The highest BCUT2D eigenvalue weighted by Gasteiger charge is 2.30. The van der Waals surface area contributed by atoms with Crippen molar-refractivity contribution in [2.75, 3.05) is 33.2 Å². The first-order chi connectivity index (χ1) is 9.58. The summed E-state index contributed by atoms with van der Waals surface area (Å²) in [6, 6.07) is 0.152. The molecule has 3 N–H and O–H groups in total. The van der Waals surface area contributed by atoms with Gasteiger partial charge in [-0.05, 0) is 12.8 Å². The van der Waals surface area contributed by atoms with E-state index >= 15 is 0 Å². The molecule has 7 nitrogen and oxygen atoms in total. The summed E-state index contributed by atoms with van der Waals surface area (Å²) in [7, 11) is 1.63. The van der Waals surface area contributed by atoms with Gasteiger partial charge in [-0.1, -0.05) is 0 Å². The van der Waals surface area contributed by atoms with Crippen LogP contribution < -0.4 is 16.0 Å². The van der Waals surface area contributed by atoms with Gasteiger partial charge in [-0.25, -0.2) is 0 Å². The Kier molecular flexibility index (Phi) is 4.94. The van der Waals surface area contributed by atoms with Gasteiger partial charge < -0.3 is 16.0 Å². The highest BCUT2D eigenvalue weighted by atomic mass is 16.2. The maximum Gasteiger partial charge on any atom is 0.233 e. The summed E-state index contributed by atoms with van der Waals surface area (Å²) in [5, 5.41) is 8.29. The Hall–Kier alpha value is -1.63. The average Bonchev–Trinajstić information content (AvgIpc) is 2.87. The van der Waals surface area contributed by atoms with Gasteiger partial charge >= 0.3 is 0 Å². The van der Waals surface area contributed by atoms with Crippen LogP contribution in [0.1, 0.15) is 19.3 Å². The van der Waals surface area contributed by atoms with E-state index < -0.39 is 0 Å². The van der Waals surface area contributed by atoms with Gasteiger partial charge in [0.2, 0.25) is 17.7 Å². The number of likely N-dealkylation sites (N-methyl/N-ethyl adjacent to an activating group) is 1. The van der Waals surface area contributed by atoms with E-state index in [2.05, 4.69) is 20.9 Å². The van der Waals surface area contributed by atoms with Gasteiger partial charge in [-0.3, -0.25) is 19.3 Å². The van der Waals surface area contributed by atoms with E-state index in [1.165, 1.54) is 0 Å². The molecule has 2 fully saturated rings. The molecular formula is C13H22N4O3. The van der Waals surface area contributed by atoms with Gasteiger partial charge in [0.1, 0.15) is 0 Å². The molecule has 0 spiro atoms. The molecule has 0 radical (unpaired) electrons. The van der Waals surface area contributed by atoms with Gasteiger partial charge in [0, 0.05) is 39.1 Å². The van der Waals surface area contributed by atoms with Crippen LogP contribution in [0.4, 0.5) is 0 Å². The third kappa shape index (κ3) is 3.93. The summed E-state index contributed by atoms with van der Waals surface area (Å²) in [5.41, 5.74) is 0. The second-order valence-electron chi connectivity index (χ2n) is 5.44.